The molecule has 5 heteroatoms. The van der Waals surface area contributed by atoms with E-state index in [-0.39, 0.29) is 17.7 Å². The second-order valence-electron chi connectivity index (χ2n) is 5.17. The molecule has 0 aliphatic heterocycles. The molecular weight excluding hydrogens is 266 g/mol. The van der Waals surface area contributed by atoms with Crippen LogP contribution in [0.5, 0.6) is 0 Å². The smallest absolute Gasteiger partial charge is 0.286 e. The number of hydrazine groups is 1. The zero-order valence-corrected chi connectivity index (χ0v) is 11.6. The first-order chi connectivity index (χ1) is 10.3. The van der Waals surface area contributed by atoms with E-state index in [1.165, 1.54) is 5.56 Å². The number of H-pyrrole nitrogens is 1. The van der Waals surface area contributed by atoms with Gasteiger partial charge in [-0.2, -0.15) is 0 Å². The number of hydrogen-bond donors (Lipinski definition) is 3. The summed E-state index contributed by atoms with van der Waals surface area (Å²) < 4.78 is 0. The molecule has 5 nitrogen and oxygen atoms in total. The first-order valence-corrected chi connectivity index (χ1v) is 7.07. The van der Waals surface area contributed by atoms with Crippen LogP contribution in [0.25, 0.3) is 0 Å². The summed E-state index contributed by atoms with van der Waals surface area (Å²) in [4.78, 5) is 26.9. The molecule has 0 radical (unpaired) electrons. The van der Waals surface area contributed by atoms with Gasteiger partial charge in [0.1, 0.15) is 5.69 Å². The summed E-state index contributed by atoms with van der Waals surface area (Å²) in [5.74, 6) is -0.710. The van der Waals surface area contributed by atoms with Gasteiger partial charge >= 0.3 is 0 Å². The van der Waals surface area contributed by atoms with E-state index in [0.29, 0.717) is 5.69 Å². The van der Waals surface area contributed by atoms with Crippen molar-refractivity contribution in [1.82, 2.24) is 15.8 Å². The number of carbonyl (C=O) groups excluding carboxylic acids is 2. The molecule has 1 aromatic heterocycles. The first kappa shape index (κ1) is 13.4. The highest BCUT2D eigenvalue weighted by molar-refractivity contribution is 5.94. The fourth-order valence-electron chi connectivity index (χ4n) is 2.77. The molecule has 3 rings (SSSR count). The molecule has 108 valence electrons. The monoisotopic (exact) mass is 283 g/mol. The third kappa shape index (κ3) is 2.81. The Morgan fingerprint density at radius 1 is 1.10 bits per heavy atom. The number of aromatic nitrogens is 1. The van der Waals surface area contributed by atoms with Crippen LogP contribution >= 0.6 is 0 Å². The second-order valence-corrected chi connectivity index (χ2v) is 5.17. The van der Waals surface area contributed by atoms with Gasteiger partial charge in [0, 0.05) is 6.20 Å². The van der Waals surface area contributed by atoms with Crippen LogP contribution in [0, 0.1) is 0 Å². The van der Waals surface area contributed by atoms with Crippen LogP contribution in [0.2, 0.25) is 0 Å². The lowest BCUT2D eigenvalue weighted by molar-refractivity contribution is -0.123. The van der Waals surface area contributed by atoms with Crippen molar-refractivity contribution in [3.05, 3.63) is 59.4 Å². The first-order valence-electron chi connectivity index (χ1n) is 7.07. The minimum atomic E-state index is -0.350. The molecule has 0 saturated heterocycles. The van der Waals surface area contributed by atoms with Gasteiger partial charge in [-0.3, -0.25) is 20.4 Å². The second kappa shape index (κ2) is 5.83. The van der Waals surface area contributed by atoms with E-state index in [1.54, 1.807) is 18.3 Å². The average molecular weight is 283 g/mol. The zero-order valence-electron chi connectivity index (χ0n) is 11.6. The average Bonchev–Trinajstić information content (AvgIpc) is 3.06. The van der Waals surface area contributed by atoms with E-state index in [2.05, 4.69) is 21.9 Å². The summed E-state index contributed by atoms with van der Waals surface area (Å²) in [5.41, 5.74) is 7.67. The van der Waals surface area contributed by atoms with Crippen molar-refractivity contribution < 1.29 is 9.59 Å². The summed E-state index contributed by atoms with van der Waals surface area (Å²) in [6.07, 6.45) is 4.46. The van der Waals surface area contributed by atoms with Crippen LogP contribution in [0.1, 0.15) is 40.4 Å². The Hall–Kier alpha value is -2.56. The van der Waals surface area contributed by atoms with Crippen LogP contribution in [0.3, 0.4) is 0 Å². The molecule has 2 amide bonds. The predicted octanol–water partition coefficient (Wildman–Crippen LogP) is 1.90. The Kier molecular flexibility index (Phi) is 3.73. The van der Waals surface area contributed by atoms with Gasteiger partial charge in [0.2, 0.25) is 5.91 Å². The molecule has 1 aliphatic rings. The Bertz CT molecular complexity index is 649. The number of amides is 2. The molecule has 0 fully saturated rings. The molecule has 1 unspecified atom stereocenters. The van der Waals surface area contributed by atoms with Gasteiger partial charge in [0.15, 0.2) is 0 Å². The van der Waals surface area contributed by atoms with Crippen molar-refractivity contribution in [3.63, 3.8) is 0 Å². The molecule has 0 bridgehead atoms. The lowest BCUT2D eigenvalue weighted by Gasteiger charge is -2.24. The molecule has 21 heavy (non-hydrogen) atoms. The zero-order chi connectivity index (χ0) is 14.7. The van der Waals surface area contributed by atoms with E-state index in [4.69, 9.17) is 0 Å². The maximum atomic E-state index is 12.3. The summed E-state index contributed by atoms with van der Waals surface area (Å²) in [7, 11) is 0. The third-order valence-corrected chi connectivity index (χ3v) is 3.83. The van der Waals surface area contributed by atoms with E-state index >= 15 is 0 Å². The molecule has 1 aromatic carbocycles. The fraction of sp³-hybridized carbons (Fsp3) is 0.250. The topological polar surface area (TPSA) is 74.0 Å². The number of rotatable bonds is 2. The van der Waals surface area contributed by atoms with Gasteiger partial charge in [-0.1, -0.05) is 24.3 Å². The summed E-state index contributed by atoms with van der Waals surface area (Å²) in [6, 6.07) is 11.4. The summed E-state index contributed by atoms with van der Waals surface area (Å²) >= 11 is 0. The SMILES string of the molecule is O=C(NNC(=O)C1CCCc2ccccc21)c1ccc[nH]1. The van der Waals surface area contributed by atoms with Crippen LogP contribution in [0.4, 0.5) is 0 Å². The predicted molar refractivity (Wildman–Crippen MR) is 78.5 cm³/mol. The highest BCUT2D eigenvalue weighted by Crippen LogP contribution is 2.31. The molecule has 0 saturated carbocycles. The van der Waals surface area contributed by atoms with E-state index in [1.807, 2.05) is 18.2 Å². The largest absolute Gasteiger partial charge is 0.357 e. The van der Waals surface area contributed by atoms with Crippen LogP contribution < -0.4 is 10.9 Å². The van der Waals surface area contributed by atoms with Crippen molar-refractivity contribution in [2.24, 2.45) is 0 Å². The molecule has 2 aromatic rings. The minimum Gasteiger partial charge on any atom is -0.357 e. The number of carbonyl (C=O) groups is 2. The Balaban J connectivity index is 1.65. The van der Waals surface area contributed by atoms with Crippen LogP contribution in [-0.2, 0) is 11.2 Å². The highest BCUT2D eigenvalue weighted by Gasteiger charge is 2.26. The highest BCUT2D eigenvalue weighted by atomic mass is 16.2. The van der Waals surface area contributed by atoms with Crippen LogP contribution in [0.15, 0.2) is 42.6 Å². The normalized spacial score (nSPS) is 16.9. The minimum absolute atomic E-state index is 0.165. The van der Waals surface area contributed by atoms with Crippen molar-refractivity contribution in [2.45, 2.75) is 25.2 Å². The lowest BCUT2D eigenvalue weighted by Crippen LogP contribution is -2.44. The number of benzene rings is 1. The quantitative estimate of drug-likeness (QED) is 0.736. The summed E-state index contributed by atoms with van der Waals surface area (Å²) in [6.45, 7) is 0. The standard InChI is InChI=1S/C16H17N3O2/c20-15(18-19-16(21)14-9-4-10-17-14)13-8-3-6-11-5-1-2-7-12(11)13/h1-2,4-5,7,9-10,13,17H,3,6,8H2,(H,18,20)(H,19,21). The molecule has 0 spiro atoms. The van der Waals surface area contributed by atoms with E-state index in [0.717, 1.165) is 24.8 Å². The molecule has 3 N–H and O–H groups in total. The van der Waals surface area contributed by atoms with Crippen molar-refractivity contribution in [3.8, 4) is 0 Å². The van der Waals surface area contributed by atoms with Gasteiger partial charge in [0.05, 0.1) is 5.92 Å². The maximum Gasteiger partial charge on any atom is 0.286 e. The van der Waals surface area contributed by atoms with E-state index < -0.39 is 0 Å². The van der Waals surface area contributed by atoms with Gasteiger partial charge in [-0.25, -0.2) is 0 Å². The molecular formula is C16H17N3O2. The van der Waals surface area contributed by atoms with E-state index in [9.17, 15) is 9.59 Å². The van der Waals surface area contributed by atoms with Crippen molar-refractivity contribution >= 4 is 11.8 Å². The molecule has 1 atom stereocenters. The summed E-state index contributed by atoms with van der Waals surface area (Å²) in [5, 5.41) is 0. The molecule has 1 heterocycles. The maximum absolute atomic E-state index is 12.3. The van der Waals surface area contributed by atoms with Crippen molar-refractivity contribution in [1.29, 1.82) is 0 Å². The number of fused-ring (bicyclic) bond motifs is 1. The molecule has 1 aliphatic carbocycles. The fourth-order valence-corrected chi connectivity index (χ4v) is 2.77. The lowest BCUT2D eigenvalue weighted by atomic mass is 9.82. The van der Waals surface area contributed by atoms with Gasteiger partial charge in [0.25, 0.3) is 5.91 Å². The van der Waals surface area contributed by atoms with Gasteiger partial charge in [-0.15, -0.1) is 0 Å². The van der Waals surface area contributed by atoms with Gasteiger partial charge in [-0.05, 0) is 42.5 Å². The number of aromatic amines is 1. The Morgan fingerprint density at radius 3 is 2.76 bits per heavy atom. The Morgan fingerprint density at radius 2 is 1.95 bits per heavy atom. The number of hydrogen-bond acceptors (Lipinski definition) is 2. The Labute approximate surface area is 122 Å². The number of aryl methyl sites for hydroxylation is 1. The van der Waals surface area contributed by atoms with Crippen molar-refractivity contribution in [2.75, 3.05) is 0 Å². The van der Waals surface area contributed by atoms with Gasteiger partial charge < -0.3 is 4.98 Å². The number of nitrogens with one attached hydrogen (secondary N) is 3. The third-order valence-electron chi connectivity index (χ3n) is 3.83. The van der Waals surface area contributed by atoms with Crippen LogP contribution in [-0.4, -0.2) is 16.8 Å².